The zero-order valence-electron chi connectivity index (χ0n) is 5.26. The molecule has 1 aromatic heterocycles. The summed E-state index contributed by atoms with van der Waals surface area (Å²) in [6, 6.07) is 8.17. The molecule has 1 nitrogen and oxygen atoms in total. The van der Waals surface area contributed by atoms with E-state index in [4.69, 9.17) is 0 Å². The number of hydrogen-bond acceptors (Lipinski definition) is 0. The van der Waals surface area contributed by atoms with Gasteiger partial charge in [-0.2, -0.15) is 0 Å². The van der Waals surface area contributed by atoms with E-state index in [2.05, 4.69) is 33.3 Å². The number of aromatic nitrogens is 1. The number of fused-ring (bicyclic) bond motifs is 1. The Morgan fingerprint density at radius 2 is 2.10 bits per heavy atom. The number of H-pyrrole nitrogens is 1. The third-order valence-corrected chi connectivity index (χ3v) is 2.24. The van der Waals surface area contributed by atoms with E-state index >= 15 is 0 Å². The van der Waals surface area contributed by atoms with Crippen LogP contribution in [-0.2, 0) is 0 Å². The molecule has 0 fully saturated rings. The zero-order chi connectivity index (χ0) is 6.97. The molecule has 10 heavy (non-hydrogen) atoms. The SMILES string of the molecule is [SeH]c1[c][nH]c2ccccc12. The molecule has 0 atom stereocenters. The molecule has 1 N–H and O–H groups in total. The summed E-state index contributed by atoms with van der Waals surface area (Å²) >= 11 is 2.50. The summed E-state index contributed by atoms with van der Waals surface area (Å²) in [6.07, 6.45) is 3.02. The van der Waals surface area contributed by atoms with Crippen molar-refractivity contribution in [2.24, 2.45) is 0 Å². The van der Waals surface area contributed by atoms with Crippen LogP contribution in [0, 0.1) is 6.20 Å². The van der Waals surface area contributed by atoms with Crippen LogP contribution in [0.3, 0.4) is 0 Å². The fraction of sp³-hybridized carbons (Fsp3) is 0. The summed E-state index contributed by atoms with van der Waals surface area (Å²) in [5.74, 6) is 0. The summed E-state index contributed by atoms with van der Waals surface area (Å²) in [5, 5.41) is 1.24. The number of hydrogen-bond donors (Lipinski definition) is 1. The average molecular weight is 195 g/mol. The molecule has 0 unspecified atom stereocenters. The number of aromatic amines is 1. The van der Waals surface area contributed by atoms with Crippen molar-refractivity contribution < 1.29 is 0 Å². The maximum absolute atomic E-state index is 3.05. The van der Waals surface area contributed by atoms with Crippen LogP contribution in [0.25, 0.3) is 10.9 Å². The quantitative estimate of drug-likeness (QED) is 0.589. The third kappa shape index (κ3) is 0.772. The molecule has 1 heterocycles. The van der Waals surface area contributed by atoms with Crippen molar-refractivity contribution in [3.05, 3.63) is 30.5 Å². The summed E-state index contributed by atoms with van der Waals surface area (Å²) in [6.45, 7) is 0. The van der Waals surface area contributed by atoms with E-state index in [-0.39, 0.29) is 0 Å². The van der Waals surface area contributed by atoms with Crippen molar-refractivity contribution in [2.75, 3.05) is 0 Å². The van der Waals surface area contributed by atoms with Crippen molar-refractivity contribution in [1.82, 2.24) is 4.98 Å². The van der Waals surface area contributed by atoms with Gasteiger partial charge in [-0.15, -0.1) is 0 Å². The Labute approximate surface area is 67.3 Å². The van der Waals surface area contributed by atoms with Crippen LogP contribution in [0.15, 0.2) is 24.3 Å². The van der Waals surface area contributed by atoms with Crippen molar-refractivity contribution in [3.63, 3.8) is 0 Å². The van der Waals surface area contributed by atoms with E-state index in [1.54, 1.807) is 0 Å². The van der Waals surface area contributed by atoms with E-state index < -0.39 is 0 Å². The molecular formula is C8H6NSe. The van der Waals surface area contributed by atoms with Crippen LogP contribution in [0.1, 0.15) is 0 Å². The van der Waals surface area contributed by atoms with E-state index in [1.807, 2.05) is 18.2 Å². The average Bonchev–Trinajstić information content (AvgIpc) is 2.34. The van der Waals surface area contributed by atoms with Crippen molar-refractivity contribution in [1.29, 1.82) is 0 Å². The van der Waals surface area contributed by atoms with Crippen molar-refractivity contribution in [3.8, 4) is 0 Å². The van der Waals surface area contributed by atoms with Crippen LogP contribution in [0.2, 0.25) is 0 Å². The monoisotopic (exact) mass is 196 g/mol. The van der Waals surface area contributed by atoms with Gasteiger partial charge in [0, 0.05) is 0 Å². The third-order valence-electron chi connectivity index (χ3n) is 1.50. The van der Waals surface area contributed by atoms with Crippen LogP contribution >= 0.6 is 0 Å². The standard InChI is InChI=1S/C8H6NSe/c10-8-5-9-7-4-2-1-3-6(7)8/h1-4,9-10H. The van der Waals surface area contributed by atoms with E-state index in [1.165, 1.54) is 5.39 Å². The molecule has 1 radical (unpaired) electrons. The van der Waals surface area contributed by atoms with Crippen LogP contribution in [0.4, 0.5) is 0 Å². The molecule has 0 saturated heterocycles. The van der Waals surface area contributed by atoms with Gasteiger partial charge in [-0.05, 0) is 0 Å². The van der Waals surface area contributed by atoms with Gasteiger partial charge in [0.15, 0.2) is 0 Å². The molecule has 1 aromatic carbocycles. The minimum absolute atomic E-state index is 1.13. The van der Waals surface area contributed by atoms with Crippen LogP contribution in [-0.4, -0.2) is 21.0 Å². The van der Waals surface area contributed by atoms with Crippen molar-refractivity contribution >= 4 is 31.4 Å². The Bertz CT molecular complexity index is 351. The molecule has 2 aromatic rings. The Balaban J connectivity index is 2.93. The molecule has 49 valence electrons. The normalized spacial score (nSPS) is 10.5. The van der Waals surface area contributed by atoms with Gasteiger partial charge in [0.2, 0.25) is 0 Å². The minimum atomic E-state index is 1.13. The Hall–Kier alpha value is -0.721. The Morgan fingerprint density at radius 3 is 2.90 bits per heavy atom. The van der Waals surface area contributed by atoms with Crippen LogP contribution < -0.4 is 4.46 Å². The van der Waals surface area contributed by atoms with Gasteiger partial charge >= 0.3 is 66.8 Å². The molecule has 0 spiro atoms. The molecule has 2 rings (SSSR count). The second-order valence-electron chi connectivity index (χ2n) is 2.14. The van der Waals surface area contributed by atoms with Gasteiger partial charge < -0.3 is 0 Å². The molecule has 0 bridgehead atoms. The molecule has 0 aliphatic heterocycles. The molecule has 0 aliphatic carbocycles. The number of para-hydroxylation sites is 1. The first-order valence-electron chi connectivity index (χ1n) is 3.05. The predicted molar refractivity (Wildman–Crippen MR) is 43.9 cm³/mol. The molecular weight excluding hydrogens is 189 g/mol. The number of nitrogens with one attached hydrogen (secondary N) is 1. The first-order valence-corrected chi connectivity index (χ1v) is 3.99. The van der Waals surface area contributed by atoms with Gasteiger partial charge in [-0.3, -0.25) is 0 Å². The van der Waals surface area contributed by atoms with Gasteiger partial charge in [0.25, 0.3) is 0 Å². The Kier molecular flexibility index (Phi) is 1.30. The fourth-order valence-electron chi connectivity index (χ4n) is 0.992. The van der Waals surface area contributed by atoms with Crippen LogP contribution in [0.5, 0.6) is 0 Å². The van der Waals surface area contributed by atoms with Gasteiger partial charge in [-0.25, -0.2) is 0 Å². The predicted octanol–water partition coefficient (Wildman–Crippen LogP) is 0.494. The Morgan fingerprint density at radius 1 is 1.30 bits per heavy atom. The summed E-state index contributed by atoms with van der Waals surface area (Å²) in [4.78, 5) is 3.05. The number of benzene rings is 1. The molecule has 0 saturated carbocycles. The molecule has 0 amide bonds. The van der Waals surface area contributed by atoms with Gasteiger partial charge in [0.1, 0.15) is 0 Å². The fourth-order valence-corrected chi connectivity index (χ4v) is 1.52. The second-order valence-corrected chi connectivity index (χ2v) is 3.08. The summed E-state index contributed by atoms with van der Waals surface area (Å²) in [7, 11) is 0. The second kappa shape index (κ2) is 2.15. The first kappa shape index (κ1) is 6.02. The summed E-state index contributed by atoms with van der Waals surface area (Å²) in [5.41, 5.74) is 1.15. The maximum atomic E-state index is 3.05. The zero-order valence-corrected chi connectivity index (χ0v) is 7.13. The van der Waals surface area contributed by atoms with E-state index in [9.17, 15) is 0 Å². The summed E-state index contributed by atoms with van der Waals surface area (Å²) < 4.78 is 1.13. The van der Waals surface area contributed by atoms with E-state index in [0.29, 0.717) is 0 Å². The molecule has 0 aliphatic rings. The first-order chi connectivity index (χ1) is 4.88. The molecule has 2 heteroatoms. The van der Waals surface area contributed by atoms with Gasteiger partial charge in [0.05, 0.1) is 0 Å². The number of rotatable bonds is 0. The van der Waals surface area contributed by atoms with E-state index in [0.717, 1.165) is 9.98 Å². The van der Waals surface area contributed by atoms with Gasteiger partial charge in [-0.1, -0.05) is 0 Å². The topological polar surface area (TPSA) is 15.8 Å². The van der Waals surface area contributed by atoms with Crippen molar-refractivity contribution in [2.45, 2.75) is 0 Å².